The molecule has 0 N–H and O–H groups in total. The van der Waals surface area contributed by atoms with Crippen LogP contribution in [0.3, 0.4) is 0 Å². The first-order valence-corrected chi connectivity index (χ1v) is 9.28. The van der Waals surface area contributed by atoms with E-state index in [1.807, 2.05) is 0 Å². The summed E-state index contributed by atoms with van der Waals surface area (Å²) in [6.45, 7) is 18.5. The molecule has 0 aliphatic rings. The maximum absolute atomic E-state index is 2.37. The number of rotatable bonds is 5. The van der Waals surface area contributed by atoms with Gasteiger partial charge in [-0.3, -0.25) is 0 Å². The highest BCUT2D eigenvalue weighted by Crippen LogP contribution is 2.44. The third kappa shape index (κ3) is 3.43. The zero-order valence-corrected chi connectivity index (χ0v) is 16.8. The van der Waals surface area contributed by atoms with Crippen molar-refractivity contribution in [1.82, 2.24) is 0 Å². The molecule has 0 spiro atoms. The van der Waals surface area contributed by atoms with E-state index in [0.29, 0.717) is 11.8 Å². The van der Waals surface area contributed by atoms with Crippen molar-refractivity contribution in [3.05, 3.63) is 70.8 Å². The molecule has 0 heteroatoms. The largest absolute Gasteiger partial charge is 0.0587 e. The Hall–Kier alpha value is -1.56. The lowest BCUT2D eigenvalue weighted by atomic mass is 9.61. The molecule has 130 valence electrons. The number of hydrogen-bond acceptors (Lipinski definition) is 0. The Morgan fingerprint density at radius 1 is 0.500 bits per heavy atom. The minimum absolute atomic E-state index is 0.0574. The van der Waals surface area contributed by atoms with Crippen LogP contribution in [0.15, 0.2) is 48.5 Å². The molecule has 0 unspecified atom stereocenters. The molecule has 0 fully saturated rings. The van der Waals surface area contributed by atoms with Crippen LogP contribution in [0.5, 0.6) is 0 Å². The highest BCUT2D eigenvalue weighted by Gasteiger charge is 2.39. The molecule has 2 rings (SSSR count). The van der Waals surface area contributed by atoms with E-state index in [-0.39, 0.29) is 10.8 Å². The lowest BCUT2D eigenvalue weighted by molar-refractivity contribution is 0.303. The minimum Gasteiger partial charge on any atom is -0.0587 e. The summed E-state index contributed by atoms with van der Waals surface area (Å²) in [5, 5.41) is 0. The van der Waals surface area contributed by atoms with Crippen LogP contribution in [0.4, 0.5) is 0 Å². The molecule has 0 nitrogen and oxygen atoms in total. The van der Waals surface area contributed by atoms with Crippen LogP contribution in [0.2, 0.25) is 0 Å². The lowest BCUT2D eigenvalue weighted by Gasteiger charge is -2.43. The van der Waals surface area contributed by atoms with Crippen LogP contribution in [-0.4, -0.2) is 0 Å². The van der Waals surface area contributed by atoms with E-state index in [0.717, 1.165) is 0 Å². The lowest BCUT2D eigenvalue weighted by Crippen LogP contribution is -2.40. The highest BCUT2D eigenvalue weighted by molar-refractivity contribution is 5.39. The molecule has 24 heavy (non-hydrogen) atoms. The molecule has 2 aromatic carbocycles. The molecule has 0 aliphatic carbocycles. The first-order chi connectivity index (χ1) is 11.1. The summed E-state index contributed by atoms with van der Waals surface area (Å²) in [6, 6.07) is 18.4. The Kier molecular flexibility index (Phi) is 5.28. The quantitative estimate of drug-likeness (QED) is 0.546. The molecule has 0 atom stereocenters. The average molecular weight is 323 g/mol. The Morgan fingerprint density at radius 2 is 0.750 bits per heavy atom. The second kappa shape index (κ2) is 6.75. The monoisotopic (exact) mass is 322 g/mol. The first kappa shape index (κ1) is 18.8. The van der Waals surface area contributed by atoms with Crippen LogP contribution in [0.25, 0.3) is 0 Å². The van der Waals surface area contributed by atoms with Crippen LogP contribution >= 0.6 is 0 Å². The molecule has 0 saturated heterocycles. The zero-order chi connectivity index (χ0) is 18.1. The number of hydrogen-bond donors (Lipinski definition) is 0. The number of benzene rings is 2. The van der Waals surface area contributed by atoms with Crippen molar-refractivity contribution in [2.24, 2.45) is 0 Å². The van der Waals surface area contributed by atoms with Crippen molar-refractivity contribution in [3.63, 3.8) is 0 Å². The minimum atomic E-state index is 0.0574. The smallest absolute Gasteiger partial charge is 0.00120 e. The zero-order valence-electron chi connectivity index (χ0n) is 16.8. The van der Waals surface area contributed by atoms with Gasteiger partial charge < -0.3 is 0 Å². The summed E-state index contributed by atoms with van der Waals surface area (Å²) >= 11 is 0. The molecule has 0 bridgehead atoms. The van der Waals surface area contributed by atoms with Crippen molar-refractivity contribution < 1.29 is 0 Å². The van der Waals surface area contributed by atoms with Crippen molar-refractivity contribution in [2.45, 2.75) is 78.1 Å². The third-order valence-corrected chi connectivity index (χ3v) is 6.16. The van der Waals surface area contributed by atoms with Gasteiger partial charge in [0.2, 0.25) is 0 Å². The second-order valence-electron chi connectivity index (χ2n) is 8.80. The standard InChI is InChI=1S/C24H34/c1-17(2)19-9-13-21(14-10-19)23(5,6)24(7,8)22-15-11-20(12-16-22)18(3)4/h9-18H,1-8H3. The molecule has 2 aromatic rings. The van der Waals surface area contributed by atoms with Crippen LogP contribution in [0, 0.1) is 0 Å². The van der Waals surface area contributed by atoms with Gasteiger partial charge in [-0.25, -0.2) is 0 Å². The van der Waals surface area contributed by atoms with E-state index >= 15 is 0 Å². The Morgan fingerprint density at radius 3 is 0.958 bits per heavy atom. The second-order valence-corrected chi connectivity index (χ2v) is 8.80. The van der Waals surface area contributed by atoms with E-state index in [9.17, 15) is 0 Å². The maximum atomic E-state index is 2.37. The van der Waals surface area contributed by atoms with Gasteiger partial charge in [0.25, 0.3) is 0 Å². The molecule has 0 amide bonds. The molecular formula is C24H34. The molecule has 0 aromatic heterocycles. The van der Waals surface area contributed by atoms with Crippen molar-refractivity contribution >= 4 is 0 Å². The van der Waals surface area contributed by atoms with Gasteiger partial charge in [-0.1, -0.05) is 104 Å². The normalized spacial score (nSPS) is 12.9. The van der Waals surface area contributed by atoms with Gasteiger partial charge in [-0.2, -0.15) is 0 Å². The summed E-state index contributed by atoms with van der Waals surface area (Å²) in [7, 11) is 0. The van der Waals surface area contributed by atoms with Crippen molar-refractivity contribution in [3.8, 4) is 0 Å². The molecular weight excluding hydrogens is 288 g/mol. The van der Waals surface area contributed by atoms with E-state index < -0.39 is 0 Å². The van der Waals surface area contributed by atoms with Crippen molar-refractivity contribution in [2.75, 3.05) is 0 Å². The van der Waals surface area contributed by atoms with Gasteiger partial charge >= 0.3 is 0 Å². The average Bonchev–Trinajstić information content (AvgIpc) is 2.54. The summed E-state index contributed by atoms with van der Waals surface area (Å²) in [5.41, 5.74) is 5.75. The Labute approximate surface area is 149 Å². The van der Waals surface area contributed by atoms with Gasteiger partial charge in [0.05, 0.1) is 0 Å². The Balaban J connectivity index is 2.37. The topological polar surface area (TPSA) is 0 Å². The van der Waals surface area contributed by atoms with Crippen LogP contribution in [-0.2, 0) is 10.8 Å². The summed E-state index contributed by atoms with van der Waals surface area (Å²) < 4.78 is 0. The highest BCUT2D eigenvalue weighted by atomic mass is 14.4. The van der Waals surface area contributed by atoms with Gasteiger partial charge in [0.15, 0.2) is 0 Å². The van der Waals surface area contributed by atoms with Crippen molar-refractivity contribution in [1.29, 1.82) is 0 Å². The van der Waals surface area contributed by atoms with E-state index in [1.165, 1.54) is 22.3 Å². The van der Waals surface area contributed by atoms with Gasteiger partial charge in [0, 0.05) is 0 Å². The predicted molar refractivity (Wildman–Crippen MR) is 107 cm³/mol. The van der Waals surface area contributed by atoms with Gasteiger partial charge in [-0.15, -0.1) is 0 Å². The summed E-state index contributed by atoms with van der Waals surface area (Å²) in [5.74, 6) is 1.16. The molecule has 0 saturated carbocycles. The van der Waals surface area contributed by atoms with E-state index in [2.05, 4.69) is 104 Å². The van der Waals surface area contributed by atoms with Gasteiger partial charge in [-0.05, 0) is 44.9 Å². The van der Waals surface area contributed by atoms with Crippen LogP contribution < -0.4 is 0 Å². The van der Waals surface area contributed by atoms with E-state index in [4.69, 9.17) is 0 Å². The van der Waals surface area contributed by atoms with E-state index in [1.54, 1.807) is 0 Å². The fourth-order valence-corrected chi connectivity index (χ4v) is 3.29. The molecule has 0 heterocycles. The maximum Gasteiger partial charge on any atom is -0.00120 e. The SMILES string of the molecule is CC(C)c1ccc(C(C)(C)C(C)(C)c2ccc(C(C)C)cc2)cc1. The molecule has 0 aliphatic heterocycles. The Bertz CT molecular complexity index is 591. The van der Waals surface area contributed by atoms with Gasteiger partial charge in [0.1, 0.15) is 0 Å². The summed E-state index contributed by atoms with van der Waals surface area (Å²) in [6.07, 6.45) is 0. The fourth-order valence-electron chi connectivity index (χ4n) is 3.29. The summed E-state index contributed by atoms with van der Waals surface area (Å²) in [4.78, 5) is 0. The fraction of sp³-hybridized carbons (Fsp3) is 0.500. The third-order valence-electron chi connectivity index (χ3n) is 6.16. The predicted octanol–water partition coefficient (Wildman–Crippen LogP) is 7.19. The van der Waals surface area contributed by atoms with Crippen LogP contribution in [0.1, 0.15) is 89.5 Å². The molecule has 0 radical (unpaired) electrons. The first-order valence-electron chi connectivity index (χ1n) is 9.28.